The molecule has 0 aliphatic carbocycles. The van der Waals surface area contributed by atoms with Crippen molar-refractivity contribution in [2.75, 3.05) is 44.2 Å². The lowest BCUT2D eigenvalue weighted by Crippen LogP contribution is -2.47. The molecule has 1 aromatic carbocycles. The van der Waals surface area contributed by atoms with E-state index in [1.807, 2.05) is 4.90 Å². The van der Waals surface area contributed by atoms with Gasteiger partial charge < -0.3 is 10.0 Å². The van der Waals surface area contributed by atoms with Crippen LogP contribution in [-0.2, 0) is 23.9 Å². The molecule has 2 aliphatic heterocycles. The number of hydrogen-bond acceptors (Lipinski definition) is 9. The number of piperazine rings is 1. The average Bonchev–Trinajstić information content (AvgIpc) is 3.56. The van der Waals surface area contributed by atoms with E-state index in [9.17, 15) is 27.2 Å². The summed E-state index contributed by atoms with van der Waals surface area (Å²) in [5.74, 6) is -1.56. The summed E-state index contributed by atoms with van der Waals surface area (Å²) in [4.78, 5) is 44.2. The van der Waals surface area contributed by atoms with Gasteiger partial charge in [0, 0.05) is 55.8 Å². The van der Waals surface area contributed by atoms with E-state index in [4.69, 9.17) is 5.11 Å². The molecule has 1 N–H and O–H groups in total. The summed E-state index contributed by atoms with van der Waals surface area (Å²) in [5, 5.41) is 9.28. The van der Waals surface area contributed by atoms with Gasteiger partial charge in [-0.05, 0) is 44.5 Å². The quantitative estimate of drug-likeness (QED) is 0.254. The second-order valence-corrected chi connectivity index (χ2v) is 12.1. The number of carboxylic acid groups (broad SMARTS) is 1. The zero-order valence-corrected chi connectivity index (χ0v) is 24.4. The topological polar surface area (TPSA) is 103 Å². The number of likely N-dealkylation sites (tertiary alicyclic amines) is 1. The number of carboxylic acids is 1. The van der Waals surface area contributed by atoms with Gasteiger partial charge in [-0.1, -0.05) is 0 Å². The number of anilines is 1. The van der Waals surface area contributed by atoms with Gasteiger partial charge >= 0.3 is 12.1 Å². The number of ketones is 1. The van der Waals surface area contributed by atoms with Crippen LogP contribution in [0.1, 0.15) is 52.1 Å². The number of aliphatic carboxylic acids is 1. The van der Waals surface area contributed by atoms with Crippen LogP contribution in [0, 0.1) is 5.82 Å². The third kappa shape index (κ3) is 7.73. The second-order valence-electron chi connectivity index (χ2n) is 10.9. The van der Waals surface area contributed by atoms with Crippen molar-refractivity contribution >= 4 is 28.9 Å². The van der Waals surface area contributed by atoms with E-state index in [0.29, 0.717) is 67.1 Å². The first-order chi connectivity index (χ1) is 20.5. The zero-order chi connectivity index (χ0) is 30.7. The van der Waals surface area contributed by atoms with Crippen LogP contribution < -0.4 is 4.90 Å². The minimum Gasteiger partial charge on any atom is -0.481 e. The largest absolute Gasteiger partial charge is 0.481 e. The molecule has 0 saturated carbocycles. The van der Waals surface area contributed by atoms with Crippen LogP contribution in [0.5, 0.6) is 0 Å². The van der Waals surface area contributed by atoms with E-state index in [0.717, 1.165) is 31.5 Å². The molecular weight excluding hydrogens is 588 g/mol. The summed E-state index contributed by atoms with van der Waals surface area (Å²) >= 11 is 1.24. The number of rotatable bonds is 10. The van der Waals surface area contributed by atoms with Gasteiger partial charge in [-0.3, -0.25) is 19.4 Å². The fraction of sp³-hybridized carbons (Fsp3) is 0.483. The predicted octanol–water partition coefficient (Wildman–Crippen LogP) is 4.76. The third-order valence-corrected chi connectivity index (χ3v) is 8.89. The molecule has 2 aliphatic rings. The van der Waals surface area contributed by atoms with Gasteiger partial charge in [0.2, 0.25) is 0 Å². The lowest BCUT2D eigenvalue weighted by atomic mass is 10.1. The molecule has 0 bridgehead atoms. The minimum atomic E-state index is -4.71. The van der Waals surface area contributed by atoms with Gasteiger partial charge in [-0.2, -0.15) is 13.2 Å². The number of carbonyl (C=O) groups is 2. The Kier molecular flexibility index (Phi) is 9.37. The van der Waals surface area contributed by atoms with Gasteiger partial charge in [0.05, 0.1) is 36.5 Å². The van der Waals surface area contributed by atoms with E-state index in [1.54, 1.807) is 0 Å². The van der Waals surface area contributed by atoms with Crippen molar-refractivity contribution in [3.63, 3.8) is 0 Å². The Morgan fingerprint density at radius 1 is 1.07 bits per heavy atom. The maximum atomic E-state index is 14.3. The number of nitrogens with zero attached hydrogens (tertiary/aromatic N) is 6. The first kappa shape index (κ1) is 31.0. The van der Waals surface area contributed by atoms with Crippen molar-refractivity contribution in [1.82, 2.24) is 24.8 Å². The Balaban J connectivity index is 1.31. The standard InChI is InChI=1S/C29H32F4N6O3S/c1-18-3-2-5-39(18)17-24-28(19-11-20(29(31,32)33)13-21(30)12-19)36-26(43-24)14-23(40)22-15-35-25(16-34-22)38-9-7-37(8-10-38)6-4-27(41)42/h11-13,15-16,18H,2-10,14,17H2,1H3,(H,41,42)/t18-/m1/s1. The van der Waals surface area contributed by atoms with Crippen molar-refractivity contribution < 1.29 is 32.3 Å². The number of aromatic nitrogens is 3. The summed E-state index contributed by atoms with van der Waals surface area (Å²) in [6.45, 7) is 6.54. The third-order valence-electron chi connectivity index (χ3n) is 7.85. The first-order valence-corrected chi connectivity index (χ1v) is 14.9. The molecule has 0 radical (unpaired) electrons. The summed E-state index contributed by atoms with van der Waals surface area (Å²) in [6, 6.07) is 2.70. The van der Waals surface area contributed by atoms with Gasteiger partial charge in [-0.25, -0.2) is 19.3 Å². The Bertz CT molecular complexity index is 1460. The molecule has 2 saturated heterocycles. The van der Waals surface area contributed by atoms with E-state index >= 15 is 0 Å². The molecule has 230 valence electrons. The smallest absolute Gasteiger partial charge is 0.416 e. The number of thiazole rings is 1. The molecule has 0 amide bonds. The Morgan fingerprint density at radius 3 is 2.47 bits per heavy atom. The monoisotopic (exact) mass is 620 g/mol. The molecule has 2 aromatic heterocycles. The zero-order valence-electron chi connectivity index (χ0n) is 23.6. The molecule has 9 nitrogen and oxygen atoms in total. The van der Waals surface area contributed by atoms with Crippen molar-refractivity contribution in [2.24, 2.45) is 0 Å². The van der Waals surface area contributed by atoms with Crippen LogP contribution in [0.2, 0.25) is 0 Å². The number of alkyl halides is 3. The molecule has 1 atom stereocenters. The van der Waals surface area contributed by atoms with Gasteiger partial charge in [-0.15, -0.1) is 11.3 Å². The highest BCUT2D eigenvalue weighted by atomic mass is 32.1. The van der Waals surface area contributed by atoms with Crippen LogP contribution in [0.4, 0.5) is 23.4 Å². The molecular formula is C29H32F4N6O3S. The minimum absolute atomic E-state index is 0.0244. The van der Waals surface area contributed by atoms with Crippen LogP contribution in [0.15, 0.2) is 30.6 Å². The lowest BCUT2D eigenvalue weighted by molar-refractivity contribution is -0.138. The van der Waals surface area contributed by atoms with E-state index in [2.05, 4.69) is 31.7 Å². The molecule has 0 unspecified atom stereocenters. The lowest BCUT2D eigenvalue weighted by Gasteiger charge is -2.34. The normalized spacial score (nSPS) is 18.3. The summed E-state index contributed by atoms with van der Waals surface area (Å²) < 4.78 is 54.7. The van der Waals surface area contributed by atoms with Crippen LogP contribution in [-0.4, -0.2) is 86.9 Å². The molecule has 43 heavy (non-hydrogen) atoms. The molecule has 14 heteroatoms. The fourth-order valence-electron chi connectivity index (χ4n) is 5.42. The number of benzene rings is 1. The van der Waals surface area contributed by atoms with Crippen LogP contribution >= 0.6 is 11.3 Å². The Hall–Kier alpha value is -3.49. The van der Waals surface area contributed by atoms with E-state index in [1.165, 1.54) is 23.7 Å². The summed E-state index contributed by atoms with van der Waals surface area (Å²) in [5.41, 5.74) is -0.678. The van der Waals surface area contributed by atoms with Crippen molar-refractivity contribution in [1.29, 1.82) is 0 Å². The van der Waals surface area contributed by atoms with E-state index < -0.39 is 23.5 Å². The maximum Gasteiger partial charge on any atom is 0.416 e. The van der Waals surface area contributed by atoms with Gasteiger partial charge in [0.1, 0.15) is 22.3 Å². The number of halogens is 4. The number of carbonyl (C=O) groups excluding carboxylic acids is 1. The first-order valence-electron chi connectivity index (χ1n) is 14.1. The van der Waals surface area contributed by atoms with Crippen LogP contribution in [0.3, 0.4) is 0 Å². The Labute approximate surface area is 250 Å². The van der Waals surface area contributed by atoms with Gasteiger partial charge in [0.15, 0.2) is 5.78 Å². The highest BCUT2D eigenvalue weighted by Gasteiger charge is 2.32. The molecule has 5 rings (SSSR count). The van der Waals surface area contributed by atoms with Crippen molar-refractivity contribution in [3.8, 4) is 11.3 Å². The summed E-state index contributed by atoms with van der Waals surface area (Å²) in [7, 11) is 0. The van der Waals surface area contributed by atoms with Crippen molar-refractivity contribution in [3.05, 3.63) is 57.6 Å². The molecule has 4 heterocycles. The number of hydrogen-bond donors (Lipinski definition) is 1. The highest BCUT2D eigenvalue weighted by molar-refractivity contribution is 7.12. The SMILES string of the molecule is C[C@@H]1CCCN1Cc1sc(CC(=O)c2cnc(N3CCN(CCC(=O)O)CC3)cn2)nc1-c1cc(F)cc(C(F)(F)F)c1. The van der Waals surface area contributed by atoms with E-state index in [-0.39, 0.29) is 35.6 Å². The maximum absolute atomic E-state index is 14.3. The molecule has 3 aromatic rings. The number of Topliss-reactive ketones (excluding diaryl/α,β-unsaturated/α-hetero) is 1. The summed E-state index contributed by atoms with van der Waals surface area (Å²) in [6.07, 6.45) is 0.198. The predicted molar refractivity (Wildman–Crippen MR) is 153 cm³/mol. The van der Waals surface area contributed by atoms with Crippen LogP contribution in [0.25, 0.3) is 11.3 Å². The Morgan fingerprint density at radius 2 is 1.84 bits per heavy atom. The van der Waals surface area contributed by atoms with Crippen molar-refractivity contribution in [2.45, 2.75) is 51.4 Å². The molecule has 0 spiro atoms. The van der Waals surface area contributed by atoms with Gasteiger partial charge in [0.25, 0.3) is 0 Å². The molecule has 2 fully saturated rings. The fourth-order valence-corrected chi connectivity index (χ4v) is 6.54. The average molecular weight is 621 g/mol. The highest BCUT2D eigenvalue weighted by Crippen LogP contribution is 2.36. The second kappa shape index (κ2) is 13.0.